The van der Waals surface area contributed by atoms with Gasteiger partial charge in [0.2, 0.25) is 0 Å². The number of hydrogen-bond donors (Lipinski definition) is 2. The zero-order valence-electron chi connectivity index (χ0n) is 15.0. The molecule has 1 aliphatic carbocycles. The van der Waals surface area contributed by atoms with E-state index >= 15 is 0 Å². The van der Waals surface area contributed by atoms with E-state index in [1.165, 1.54) is 0 Å². The van der Waals surface area contributed by atoms with E-state index in [0.29, 0.717) is 24.6 Å². The normalized spacial score (nSPS) is 20.4. The molecule has 1 heterocycles. The fourth-order valence-electron chi connectivity index (χ4n) is 3.61. The van der Waals surface area contributed by atoms with Crippen molar-refractivity contribution in [2.75, 3.05) is 6.54 Å². The lowest BCUT2D eigenvalue weighted by atomic mass is 9.87. The molecule has 0 spiro atoms. The van der Waals surface area contributed by atoms with Gasteiger partial charge in [0.15, 0.2) is 0 Å². The molecule has 25 heavy (non-hydrogen) atoms. The highest BCUT2D eigenvalue weighted by molar-refractivity contribution is 5.94. The van der Waals surface area contributed by atoms with Gasteiger partial charge in [-0.15, -0.1) is 0 Å². The van der Waals surface area contributed by atoms with Crippen LogP contribution in [-0.2, 0) is 6.54 Å². The molecule has 5 nitrogen and oxygen atoms in total. The van der Waals surface area contributed by atoms with Crippen molar-refractivity contribution in [2.45, 2.75) is 52.2 Å². The van der Waals surface area contributed by atoms with Gasteiger partial charge in [0.1, 0.15) is 0 Å². The van der Waals surface area contributed by atoms with Crippen molar-refractivity contribution < 1.29 is 9.90 Å². The summed E-state index contributed by atoms with van der Waals surface area (Å²) in [6, 6.07) is 9.76. The molecule has 2 aromatic rings. The van der Waals surface area contributed by atoms with E-state index in [0.717, 1.165) is 42.6 Å². The Bertz CT molecular complexity index is 738. The number of rotatable bonds is 5. The van der Waals surface area contributed by atoms with Crippen molar-refractivity contribution in [2.24, 2.45) is 5.92 Å². The number of aliphatic hydroxyl groups is 1. The van der Waals surface area contributed by atoms with Gasteiger partial charge in [-0.2, -0.15) is 5.10 Å². The molecule has 2 atom stereocenters. The first kappa shape index (κ1) is 17.7. The van der Waals surface area contributed by atoms with Gasteiger partial charge >= 0.3 is 0 Å². The fraction of sp³-hybridized carbons (Fsp3) is 0.500. The molecule has 0 aliphatic heterocycles. The summed E-state index contributed by atoms with van der Waals surface area (Å²) >= 11 is 0. The molecule has 1 saturated carbocycles. The molecule has 134 valence electrons. The van der Waals surface area contributed by atoms with E-state index in [2.05, 4.69) is 16.5 Å². The predicted octanol–water partition coefficient (Wildman–Crippen LogP) is 2.83. The molecule has 3 rings (SSSR count). The molecule has 1 fully saturated rings. The number of nitrogens with one attached hydrogen (secondary N) is 1. The standard InChI is InChI=1S/C20H27N3O2/c1-14-9-15(2)23(22-14)13-17-6-3-7-18(10-17)20(25)21-12-16-5-4-8-19(24)11-16/h3,6-7,9-10,16,19,24H,4-5,8,11-13H2,1-2H3,(H,21,25). The number of carbonyl (C=O) groups is 1. The maximum absolute atomic E-state index is 12.4. The van der Waals surface area contributed by atoms with Gasteiger partial charge in [-0.3, -0.25) is 9.48 Å². The van der Waals surface area contributed by atoms with Gasteiger partial charge < -0.3 is 10.4 Å². The number of aliphatic hydroxyl groups excluding tert-OH is 1. The Morgan fingerprint density at radius 2 is 2.16 bits per heavy atom. The zero-order valence-corrected chi connectivity index (χ0v) is 15.0. The maximum atomic E-state index is 12.4. The van der Waals surface area contributed by atoms with Crippen LogP contribution in [0.4, 0.5) is 0 Å². The summed E-state index contributed by atoms with van der Waals surface area (Å²) in [7, 11) is 0. The zero-order chi connectivity index (χ0) is 17.8. The number of nitrogens with zero attached hydrogens (tertiary/aromatic N) is 2. The van der Waals surface area contributed by atoms with E-state index < -0.39 is 0 Å². The minimum Gasteiger partial charge on any atom is -0.393 e. The van der Waals surface area contributed by atoms with Crippen molar-refractivity contribution in [3.05, 3.63) is 52.8 Å². The number of amides is 1. The fourth-order valence-corrected chi connectivity index (χ4v) is 3.61. The predicted molar refractivity (Wildman–Crippen MR) is 97.5 cm³/mol. The Morgan fingerprint density at radius 1 is 1.32 bits per heavy atom. The van der Waals surface area contributed by atoms with Crippen molar-refractivity contribution in [1.82, 2.24) is 15.1 Å². The highest BCUT2D eigenvalue weighted by atomic mass is 16.3. The first-order valence-corrected chi connectivity index (χ1v) is 9.07. The van der Waals surface area contributed by atoms with Crippen molar-refractivity contribution in [1.29, 1.82) is 0 Å². The highest BCUT2D eigenvalue weighted by Gasteiger charge is 2.20. The van der Waals surface area contributed by atoms with Gasteiger partial charge in [-0.1, -0.05) is 18.6 Å². The molecule has 1 amide bonds. The van der Waals surface area contributed by atoms with Crippen LogP contribution in [0.25, 0.3) is 0 Å². The summed E-state index contributed by atoms with van der Waals surface area (Å²) in [5, 5.41) is 17.2. The molecule has 2 N–H and O–H groups in total. The molecule has 0 radical (unpaired) electrons. The maximum Gasteiger partial charge on any atom is 0.251 e. The first-order chi connectivity index (χ1) is 12.0. The molecule has 5 heteroatoms. The van der Waals surface area contributed by atoms with Gasteiger partial charge in [0.05, 0.1) is 18.3 Å². The van der Waals surface area contributed by atoms with Crippen LogP contribution < -0.4 is 5.32 Å². The first-order valence-electron chi connectivity index (χ1n) is 9.07. The SMILES string of the molecule is Cc1cc(C)n(Cc2cccc(C(=O)NCC3CCCC(O)C3)c2)n1. The second-order valence-electron chi connectivity index (χ2n) is 7.18. The summed E-state index contributed by atoms with van der Waals surface area (Å²) in [6.45, 7) is 5.32. The molecule has 0 bridgehead atoms. The lowest BCUT2D eigenvalue weighted by Crippen LogP contribution is -2.33. The Hall–Kier alpha value is -2.14. The topological polar surface area (TPSA) is 67.2 Å². The van der Waals surface area contributed by atoms with E-state index in [4.69, 9.17) is 0 Å². The number of carbonyl (C=O) groups excluding carboxylic acids is 1. The van der Waals surface area contributed by atoms with Crippen LogP contribution in [0.1, 0.15) is 53.0 Å². The van der Waals surface area contributed by atoms with Crippen molar-refractivity contribution in [3.8, 4) is 0 Å². The van der Waals surface area contributed by atoms with Gasteiger partial charge in [0, 0.05) is 17.8 Å². The lowest BCUT2D eigenvalue weighted by Gasteiger charge is -2.25. The van der Waals surface area contributed by atoms with Crippen molar-refractivity contribution in [3.63, 3.8) is 0 Å². The van der Waals surface area contributed by atoms with Crippen LogP contribution in [0.2, 0.25) is 0 Å². The molecule has 2 unspecified atom stereocenters. The largest absolute Gasteiger partial charge is 0.393 e. The Balaban J connectivity index is 1.60. The van der Waals surface area contributed by atoms with E-state index in [1.807, 2.05) is 42.8 Å². The Kier molecular flexibility index (Phi) is 5.53. The highest BCUT2D eigenvalue weighted by Crippen LogP contribution is 2.23. The summed E-state index contributed by atoms with van der Waals surface area (Å²) < 4.78 is 1.95. The Labute approximate surface area is 149 Å². The van der Waals surface area contributed by atoms with Gasteiger partial charge in [-0.05, 0) is 62.8 Å². The summed E-state index contributed by atoms with van der Waals surface area (Å²) in [4.78, 5) is 12.4. The number of aromatic nitrogens is 2. The van der Waals surface area contributed by atoms with E-state index in [-0.39, 0.29) is 12.0 Å². The van der Waals surface area contributed by atoms with Crippen LogP contribution in [-0.4, -0.2) is 33.4 Å². The van der Waals surface area contributed by atoms with Crippen LogP contribution >= 0.6 is 0 Å². The number of hydrogen-bond acceptors (Lipinski definition) is 3. The monoisotopic (exact) mass is 341 g/mol. The van der Waals surface area contributed by atoms with Gasteiger partial charge in [0.25, 0.3) is 5.91 Å². The number of benzene rings is 1. The van der Waals surface area contributed by atoms with Gasteiger partial charge in [-0.25, -0.2) is 0 Å². The summed E-state index contributed by atoms with van der Waals surface area (Å²) in [6.07, 6.45) is 3.59. The third kappa shape index (κ3) is 4.69. The third-order valence-corrected chi connectivity index (χ3v) is 4.93. The average molecular weight is 341 g/mol. The van der Waals surface area contributed by atoms with Crippen LogP contribution in [0.3, 0.4) is 0 Å². The minimum atomic E-state index is -0.209. The van der Waals surface area contributed by atoms with E-state index in [1.54, 1.807) is 0 Å². The Morgan fingerprint density at radius 3 is 2.88 bits per heavy atom. The minimum absolute atomic E-state index is 0.0460. The number of aryl methyl sites for hydroxylation is 2. The quantitative estimate of drug-likeness (QED) is 0.879. The molecule has 0 saturated heterocycles. The lowest BCUT2D eigenvalue weighted by molar-refractivity contribution is 0.0873. The summed E-state index contributed by atoms with van der Waals surface area (Å²) in [5.41, 5.74) is 3.85. The molecular weight excluding hydrogens is 314 g/mol. The van der Waals surface area contributed by atoms with Crippen LogP contribution in [0.15, 0.2) is 30.3 Å². The summed E-state index contributed by atoms with van der Waals surface area (Å²) in [5.74, 6) is 0.334. The molecule has 1 aliphatic rings. The molecule has 1 aromatic heterocycles. The third-order valence-electron chi connectivity index (χ3n) is 4.93. The molecular formula is C20H27N3O2. The average Bonchev–Trinajstić information content (AvgIpc) is 2.90. The second kappa shape index (κ2) is 7.83. The van der Waals surface area contributed by atoms with Crippen molar-refractivity contribution >= 4 is 5.91 Å². The molecule has 1 aromatic carbocycles. The smallest absolute Gasteiger partial charge is 0.251 e. The second-order valence-corrected chi connectivity index (χ2v) is 7.18. The van der Waals surface area contributed by atoms with Crippen LogP contribution in [0.5, 0.6) is 0 Å². The van der Waals surface area contributed by atoms with Crippen LogP contribution in [0, 0.1) is 19.8 Å². The van der Waals surface area contributed by atoms with E-state index in [9.17, 15) is 9.90 Å².